The molecule has 2 aromatic heterocycles. The van der Waals surface area contributed by atoms with Crippen molar-refractivity contribution in [3.8, 4) is 0 Å². The predicted octanol–water partition coefficient (Wildman–Crippen LogP) is 1.51. The van der Waals surface area contributed by atoms with Crippen molar-refractivity contribution in [1.82, 2.24) is 19.5 Å². The van der Waals surface area contributed by atoms with Crippen LogP contribution in [-0.4, -0.2) is 54.5 Å². The molecule has 9 nitrogen and oxygen atoms in total. The molecular weight excluding hydrogens is 357 g/mol. The molecule has 1 unspecified atom stereocenters. The topological polar surface area (TPSA) is 122 Å². The number of aliphatic hydroxyl groups excluding tert-OH is 2. The molecule has 0 spiro atoms. The number of hydrogen-bond acceptors (Lipinski definition) is 7. The van der Waals surface area contributed by atoms with E-state index in [-0.39, 0.29) is 35.9 Å². The van der Waals surface area contributed by atoms with E-state index in [9.17, 15) is 19.4 Å². The zero-order chi connectivity index (χ0) is 19.4. The highest BCUT2D eigenvalue weighted by molar-refractivity contribution is 5.96. The van der Waals surface area contributed by atoms with E-state index in [0.717, 1.165) is 25.7 Å². The Hall–Kier alpha value is -2.17. The highest BCUT2D eigenvalue weighted by Gasteiger charge is 2.36. The average Bonchev–Trinajstić information content (AvgIpc) is 3.21. The first kappa shape index (κ1) is 19.6. The lowest BCUT2D eigenvalue weighted by Gasteiger charge is -2.16. The number of nitrogens with zero attached hydrogens (tertiary/aromatic N) is 4. The molecule has 1 fully saturated rings. The molecule has 1 aliphatic heterocycles. The minimum absolute atomic E-state index is 0.0112. The average molecular weight is 381 g/mol. The van der Waals surface area contributed by atoms with Crippen LogP contribution < -0.4 is 5.32 Å². The third-order valence-electron chi connectivity index (χ3n) is 4.55. The molecule has 0 radical (unpaired) electrons. The Kier molecular flexibility index (Phi) is 6.30. The lowest BCUT2D eigenvalue weighted by molar-refractivity contribution is -0.116. The first-order valence-electron chi connectivity index (χ1n) is 9.17. The Balaban J connectivity index is 1.80. The molecule has 0 aromatic carbocycles. The summed E-state index contributed by atoms with van der Waals surface area (Å²) in [5.41, 5.74) is 0.313. The molecule has 10 heteroatoms. The second-order valence-corrected chi connectivity index (χ2v) is 6.66. The van der Waals surface area contributed by atoms with Crippen LogP contribution in [0.4, 0.5) is 10.2 Å². The van der Waals surface area contributed by atoms with Crippen LogP contribution in [0.15, 0.2) is 6.33 Å². The van der Waals surface area contributed by atoms with Crippen LogP contribution in [0, 0.1) is 6.08 Å². The van der Waals surface area contributed by atoms with Crippen molar-refractivity contribution in [2.45, 2.75) is 63.9 Å². The molecule has 3 N–H and O–H groups in total. The van der Waals surface area contributed by atoms with Crippen LogP contribution in [0.3, 0.4) is 0 Å². The van der Waals surface area contributed by atoms with Crippen LogP contribution >= 0.6 is 0 Å². The van der Waals surface area contributed by atoms with Gasteiger partial charge in [-0.2, -0.15) is 14.4 Å². The van der Waals surface area contributed by atoms with Gasteiger partial charge in [0.05, 0.1) is 19.0 Å². The smallest absolute Gasteiger partial charge is 0.312 e. The summed E-state index contributed by atoms with van der Waals surface area (Å²) in [7, 11) is 0. The third-order valence-corrected chi connectivity index (χ3v) is 4.55. The van der Waals surface area contributed by atoms with Crippen molar-refractivity contribution in [2.24, 2.45) is 0 Å². The number of halogens is 1. The van der Waals surface area contributed by atoms with Gasteiger partial charge in [0, 0.05) is 12.8 Å². The Morgan fingerprint density at radius 1 is 1.41 bits per heavy atom. The summed E-state index contributed by atoms with van der Waals surface area (Å²) in [6.45, 7) is 1.85. The lowest BCUT2D eigenvalue weighted by Crippen LogP contribution is -2.20. The largest absolute Gasteiger partial charge is 0.394 e. The molecule has 27 heavy (non-hydrogen) atoms. The van der Waals surface area contributed by atoms with Gasteiger partial charge in [0.2, 0.25) is 5.91 Å². The first-order valence-corrected chi connectivity index (χ1v) is 9.17. The van der Waals surface area contributed by atoms with Crippen molar-refractivity contribution in [2.75, 3.05) is 11.9 Å². The van der Waals surface area contributed by atoms with E-state index in [1.54, 1.807) is 0 Å². The van der Waals surface area contributed by atoms with Crippen LogP contribution in [0.25, 0.3) is 11.2 Å². The summed E-state index contributed by atoms with van der Waals surface area (Å²) >= 11 is 0. The molecule has 1 saturated heterocycles. The van der Waals surface area contributed by atoms with E-state index in [0.29, 0.717) is 6.42 Å². The van der Waals surface area contributed by atoms with Crippen LogP contribution in [0.5, 0.6) is 0 Å². The molecular formula is C17H24FN5O4. The number of carbonyl (C=O) groups excluding carboxylic acids is 1. The highest BCUT2D eigenvalue weighted by atomic mass is 19.1. The summed E-state index contributed by atoms with van der Waals surface area (Å²) in [5, 5.41) is 22.0. The maximum absolute atomic E-state index is 13.9. The second-order valence-electron chi connectivity index (χ2n) is 6.66. The standard InChI is InChI=1S/C17H24FN5O4/c1-2-3-4-5-6-12(26)20-14-13-15(22-17(18)21-14)23(9-19-13)16-11(25)7-10(8-24)27-16/h9-11,16,24-25H,2-8H2,1H3,(H,20,21,22,26)/t10-,11?,16+/m0/s1. The van der Waals surface area contributed by atoms with Gasteiger partial charge in [0.25, 0.3) is 0 Å². The van der Waals surface area contributed by atoms with Crippen molar-refractivity contribution < 1.29 is 24.1 Å². The maximum Gasteiger partial charge on any atom is 0.312 e. The molecule has 1 aliphatic rings. The number of unbranched alkanes of at least 4 members (excludes halogenated alkanes) is 3. The number of rotatable bonds is 8. The highest BCUT2D eigenvalue weighted by Crippen LogP contribution is 2.31. The van der Waals surface area contributed by atoms with Gasteiger partial charge in [0.1, 0.15) is 6.10 Å². The number of anilines is 1. The van der Waals surface area contributed by atoms with E-state index < -0.39 is 24.5 Å². The molecule has 0 aliphatic carbocycles. The number of amides is 1. The fraction of sp³-hybridized carbons (Fsp3) is 0.647. The maximum atomic E-state index is 13.9. The molecule has 3 rings (SSSR count). The van der Waals surface area contributed by atoms with Crippen molar-refractivity contribution in [1.29, 1.82) is 0 Å². The van der Waals surface area contributed by atoms with Gasteiger partial charge in [-0.25, -0.2) is 4.98 Å². The summed E-state index contributed by atoms with van der Waals surface area (Å²) in [6, 6.07) is 0. The fourth-order valence-electron chi connectivity index (χ4n) is 3.17. The van der Waals surface area contributed by atoms with Gasteiger partial charge < -0.3 is 20.3 Å². The van der Waals surface area contributed by atoms with Crippen LogP contribution in [0.1, 0.15) is 51.7 Å². The summed E-state index contributed by atoms with van der Waals surface area (Å²) in [6.07, 6.45) is 2.47. The van der Waals surface area contributed by atoms with Gasteiger partial charge in [-0.1, -0.05) is 26.2 Å². The van der Waals surface area contributed by atoms with Crippen molar-refractivity contribution in [3.63, 3.8) is 0 Å². The van der Waals surface area contributed by atoms with Gasteiger partial charge in [-0.05, 0) is 6.42 Å². The van der Waals surface area contributed by atoms with E-state index in [1.165, 1.54) is 10.9 Å². The lowest BCUT2D eigenvalue weighted by atomic mass is 10.1. The Morgan fingerprint density at radius 2 is 2.22 bits per heavy atom. The molecule has 0 saturated carbocycles. The number of carbonyl (C=O) groups is 1. The van der Waals surface area contributed by atoms with E-state index in [2.05, 4.69) is 27.2 Å². The quantitative estimate of drug-likeness (QED) is 0.468. The van der Waals surface area contributed by atoms with E-state index >= 15 is 0 Å². The zero-order valence-corrected chi connectivity index (χ0v) is 15.1. The number of nitrogens with one attached hydrogen (secondary N) is 1. The Labute approximate surface area is 155 Å². The minimum atomic E-state index is -1.02. The van der Waals surface area contributed by atoms with E-state index in [1.807, 2.05) is 0 Å². The zero-order valence-electron chi connectivity index (χ0n) is 15.1. The Bertz CT molecular complexity index is 799. The Morgan fingerprint density at radius 3 is 2.93 bits per heavy atom. The fourth-order valence-corrected chi connectivity index (χ4v) is 3.17. The molecule has 2 aromatic rings. The second kappa shape index (κ2) is 8.68. The van der Waals surface area contributed by atoms with Crippen molar-refractivity contribution in [3.05, 3.63) is 12.4 Å². The van der Waals surface area contributed by atoms with E-state index in [4.69, 9.17) is 4.74 Å². The molecule has 0 bridgehead atoms. The summed E-state index contributed by atoms with van der Waals surface area (Å²) < 4.78 is 20.9. The van der Waals surface area contributed by atoms with Crippen LogP contribution in [0.2, 0.25) is 0 Å². The number of aliphatic hydroxyl groups is 2. The monoisotopic (exact) mass is 381 g/mol. The summed E-state index contributed by atoms with van der Waals surface area (Å²) in [5.74, 6) is -0.277. The molecule has 3 heterocycles. The minimum Gasteiger partial charge on any atom is -0.394 e. The van der Waals surface area contributed by atoms with Crippen molar-refractivity contribution >= 4 is 22.9 Å². The summed E-state index contributed by atoms with van der Waals surface area (Å²) in [4.78, 5) is 23.6. The van der Waals surface area contributed by atoms with Gasteiger partial charge in [-0.15, -0.1) is 0 Å². The van der Waals surface area contributed by atoms with Gasteiger partial charge in [0.15, 0.2) is 23.2 Å². The third kappa shape index (κ3) is 4.40. The SMILES string of the molecule is CCCCCCC(=O)Nc1nc(F)nc2c1ncn2[C@@H]1O[C@H](CO)CC1O. The first-order chi connectivity index (χ1) is 13.0. The number of fused-ring (bicyclic) bond motifs is 1. The number of ether oxygens (including phenoxy) is 1. The predicted molar refractivity (Wildman–Crippen MR) is 94.3 cm³/mol. The number of hydrogen-bond donors (Lipinski definition) is 3. The number of imidazole rings is 1. The normalized spacial score (nSPS) is 22.4. The van der Waals surface area contributed by atoms with Gasteiger partial charge in [-0.3, -0.25) is 9.36 Å². The van der Waals surface area contributed by atoms with Gasteiger partial charge >= 0.3 is 6.08 Å². The molecule has 148 valence electrons. The van der Waals surface area contributed by atoms with Crippen LogP contribution in [-0.2, 0) is 9.53 Å². The molecule has 3 atom stereocenters. The molecule has 1 amide bonds. The number of aromatic nitrogens is 4.